The predicted octanol–water partition coefficient (Wildman–Crippen LogP) is 0.225. The van der Waals surface area contributed by atoms with E-state index in [1.54, 1.807) is 12.1 Å². The molecule has 0 saturated carbocycles. The highest BCUT2D eigenvalue weighted by molar-refractivity contribution is 7.89. The molecule has 2 N–H and O–H groups in total. The number of carboxylic acids is 1. The maximum Gasteiger partial charge on any atom is 0.303 e. The van der Waals surface area contributed by atoms with Crippen LogP contribution in [0.1, 0.15) is 12.8 Å². The van der Waals surface area contributed by atoms with E-state index in [1.165, 1.54) is 12.3 Å². The molecular formula is C9H12N2O4S. The van der Waals surface area contributed by atoms with Gasteiger partial charge in [0.05, 0.1) is 0 Å². The number of aromatic nitrogens is 1. The molecule has 0 bridgehead atoms. The summed E-state index contributed by atoms with van der Waals surface area (Å²) in [7, 11) is -3.61. The topological polar surface area (TPSA) is 96.4 Å². The van der Waals surface area contributed by atoms with Crippen LogP contribution < -0.4 is 4.72 Å². The molecule has 1 rings (SSSR count). The van der Waals surface area contributed by atoms with E-state index < -0.39 is 16.0 Å². The molecule has 1 aromatic heterocycles. The Morgan fingerprint density at radius 2 is 2.19 bits per heavy atom. The van der Waals surface area contributed by atoms with Gasteiger partial charge in [-0.25, -0.2) is 18.1 Å². The van der Waals surface area contributed by atoms with Gasteiger partial charge in [0.15, 0.2) is 5.03 Å². The van der Waals surface area contributed by atoms with Crippen LogP contribution in [0.4, 0.5) is 0 Å². The minimum absolute atomic E-state index is 0.0645. The Morgan fingerprint density at radius 3 is 2.75 bits per heavy atom. The van der Waals surface area contributed by atoms with Crippen molar-refractivity contribution in [1.82, 2.24) is 9.71 Å². The molecule has 0 amide bonds. The smallest absolute Gasteiger partial charge is 0.303 e. The number of rotatable bonds is 6. The van der Waals surface area contributed by atoms with Gasteiger partial charge >= 0.3 is 5.97 Å². The Labute approximate surface area is 93.4 Å². The number of carboxylic acid groups (broad SMARTS) is 1. The quantitative estimate of drug-likeness (QED) is 0.698. The molecule has 1 aromatic rings. The fourth-order valence-electron chi connectivity index (χ4n) is 1.03. The third-order valence-corrected chi connectivity index (χ3v) is 3.15. The zero-order valence-electron chi connectivity index (χ0n) is 8.46. The standard InChI is InChI=1S/C9H12N2O4S/c12-9(13)5-3-7-11-16(14,15)8-4-1-2-6-10-8/h1-2,4,6,11H,3,5,7H2,(H,12,13). The van der Waals surface area contributed by atoms with Crippen LogP contribution in [0.3, 0.4) is 0 Å². The lowest BCUT2D eigenvalue weighted by Crippen LogP contribution is -2.25. The van der Waals surface area contributed by atoms with E-state index in [1.807, 2.05) is 0 Å². The van der Waals surface area contributed by atoms with Crippen LogP contribution in [0.25, 0.3) is 0 Å². The first kappa shape index (κ1) is 12.6. The Bertz CT molecular complexity index is 444. The fraction of sp³-hybridized carbons (Fsp3) is 0.333. The van der Waals surface area contributed by atoms with Gasteiger partial charge in [0.25, 0.3) is 10.0 Å². The summed E-state index contributed by atoms with van der Waals surface area (Å²) >= 11 is 0. The van der Waals surface area contributed by atoms with Crippen molar-refractivity contribution >= 4 is 16.0 Å². The molecule has 0 radical (unpaired) electrons. The lowest BCUT2D eigenvalue weighted by Gasteiger charge is -2.04. The minimum atomic E-state index is -3.61. The summed E-state index contributed by atoms with van der Waals surface area (Å²) < 4.78 is 25.4. The van der Waals surface area contributed by atoms with Crippen LogP contribution in [0.5, 0.6) is 0 Å². The van der Waals surface area contributed by atoms with Crippen molar-refractivity contribution in [2.45, 2.75) is 17.9 Å². The maximum absolute atomic E-state index is 11.6. The summed E-state index contributed by atoms with van der Waals surface area (Å²) in [6.45, 7) is 0.0885. The second-order valence-corrected chi connectivity index (χ2v) is 4.78. The van der Waals surface area contributed by atoms with Gasteiger partial charge in [-0.3, -0.25) is 4.79 Å². The SMILES string of the molecule is O=C(O)CCCNS(=O)(=O)c1ccccn1. The molecule has 0 aliphatic heterocycles. The molecule has 1 heterocycles. The molecule has 0 aliphatic rings. The number of aliphatic carboxylic acids is 1. The van der Waals surface area contributed by atoms with Crippen molar-refractivity contribution in [2.24, 2.45) is 0 Å². The molecule has 0 saturated heterocycles. The molecule has 0 fully saturated rings. The van der Waals surface area contributed by atoms with Gasteiger partial charge in [-0.2, -0.15) is 0 Å². The lowest BCUT2D eigenvalue weighted by molar-refractivity contribution is -0.137. The van der Waals surface area contributed by atoms with Gasteiger partial charge < -0.3 is 5.11 Å². The zero-order valence-corrected chi connectivity index (χ0v) is 9.27. The van der Waals surface area contributed by atoms with Crippen molar-refractivity contribution in [3.8, 4) is 0 Å². The van der Waals surface area contributed by atoms with Crippen LogP contribution in [0.2, 0.25) is 0 Å². The first-order valence-electron chi connectivity index (χ1n) is 4.65. The highest BCUT2D eigenvalue weighted by Crippen LogP contribution is 2.02. The highest BCUT2D eigenvalue weighted by Gasteiger charge is 2.13. The van der Waals surface area contributed by atoms with Gasteiger partial charge in [0.1, 0.15) is 0 Å². The van der Waals surface area contributed by atoms with Gasteiger partial charge in [-0.05, 0) is 18.6 Å². The largest absolute Gasteiger partial charge is 0.481 e. The Kier molecular flexibility index (Phi) is 4.39. The fourth-order valence-corrected chi connectivity index (χ4v) is 2.04. The third kappa shape index (κ3) is 3.95. The predicted molar refractivity (Wildman–Crippen MR) is 56.3 cm³/mol. The second-order valence-electron chi connectivity index (χ2n) is 3.06. The monoisotopic (exact) mass is 244 g/mol. The van der Waals surface area contributed by atoms with Crippen molar-refractivity contribution in [1.29, 1.82) is 0 Å². The molecule has 0 aliphatic carbocycles. The number of hydrogen-bond acceptors (Lipinski definition) is 4. The normalized spacial score (nSPS) is 11.2. The minimum Gasteiger partial charge on any atom is -0.481 e. The van der Waals surface area contributed by atoms with Crippen LogP contribution in [0, 0.1) is 0 Å². The molecule has 7 heteroatoms. The number of nitrogens with zero attached hydrogens (tertiary/aromatic N) is 1. The van der Waals surface area contributed by atoms with Crippen molar-refractivity contribution in [3.63, 3.8) is 0 Å². The molecule has 0 atom stereocenters. The molecule has 88 valence electrons. The number of pyridine rings is 1. The van der Waals surface area contributed by atoms with E-state index in [9.17, 15) is 13.2 Å². The number of nitrogens with one attached hydrogen (secondary N) is 1. The number of carbonyl (C=O) groups is 1. The van der Waals surface area contributed by atoms with E-state index in [0.29, 0.717) is 0 Å². The number of hydrogen-bond donors (Lipinski definition) is 2. The van der Waals surface area contributed by atoms with Gasteiger partial charge in [0.2, 0.25) is 0 Å². The summed E-state index contributed by atoms with van der Waals surface area (Å²) in [5.41, 5.74) is 0. The molecule has 0 unspecified atom stereocenters. The average molecular weight is 244 g/mol. The Balaban J connectivity index is 2.51. The summed E-state index contributed by atoms with van der Waals surface area (Å²) in [5, 5.41) is 8.31. The van der Waals surface area contributed by atoms with Gasteiger partial charge in [-0.15, -0.1) is 0 Å². The van der Waals surface area contributed by atoms with Crippen LogP contribution in [-0.2, 0) is 14.8 Å². The van der Waals surface area contributed by atoms with Gasteiger partial charge in [0, 0.05) is 19.2 Å². The van der Waals surface area contributed by atoms with E-state index >= 15 is 0 Å². The van der Waals surface area contributed by atoms with Crippen LogP contribution >= 0.6 is 0 Å². The van der Waals surface area contributed by atoms with E-state index in [2.05, 4.69) is 9.71 Å². The third-order valence-electron chi connectivity index (χ3n) is 1.77. The zero-order chi connectivity index (χ0) is 12.0. The maximum atomic E-state index is 11.6. The van der Waals surface area contributed by atoms with Gasteiger partial charge in [-0.1, -0.05) is 6.07 Å². The van der Waals surface area contributed by atoms with E-state index in [4.69, 9.17) is 5.11 Å². The molecule has 16 heavy (non-hydrogen) atoms. The summed E-state index contributed by atoms with van der Waals surface area (Å²) in [5.74, 6) is -0.947. The first-order chi connectivity index (χ1) is 7.52. The summed E-state index contributed by atoms with van der Waals surface area (Å²) in [6.07, 6.45) is 1.57. The van der Waals surface area contributed by atoms with Crippen molar-refractivity contribution < 1.29 is 18.3 Å². The van der Waals surface area contributed by atoms with Crippen LogP contribution in [0.15, 0.2) is 29.4 Å². The summed E-state index contributed by atoms with van der Waals surface area (Å²) in [4.78, 5) is 13.9. The number of sulfonamides is 1. The average Bonchev–Trinajstić information content (AvgIpc) is 2.26. The van der Waals surface area contributed by atoms with Crippen molar-refractivity contribution in [2.75, 3.05) is 6.54 Å². The lowest BCUT2D eigenvalue weighted by atomic mass is 10.3. The molecular weight excluding hydrogens is 232 g/mol. The molecule has 0 aromatic carbocycles. The first-order valence-corrected chi connectivity index (χ1v) is 6.13. The Hall–Kier alpha value is -1.47. The van der Waals surface area contributed by atoms with Crippen molar-refractivity contribution in [3.05, 3.63) is 24.4 Å². The van der Waals surface area contributed by atoms with E-state index in [0.717, 1.165) is 0 Å². The summed E-state index contributed by atoms with van der Waals surface area (Å²) in [6, 6.07) is 4.56. The van der Waals surface area contributed by atoms with E-state index in [-0.39, 0.29) is 24.4 Å². The Morgan fingerprint density at radius 1 is 1.44 bits per heavy atom. The van der Waals surface area contributed by atoms with Crippen LogP contribution in [-0.4, -0.2) is 31.0 Å². The second kappa shape index (κ2) is 5.57. The highest BCUT2D eigenvalue weighted by atomic mass is 32.2. The molecule has 6 nitrogen and oxygen atoms in total. The molecule has 0 spiro atoms.